The predicted octanol–water partition coefficient (Wildman–Crippen LogP) is 6.40. The summed E-state index contributed by atoms with van der Waals surface area (Å²) in [4.78, 5) is 24.6. The molecule has 0 radical (unpaired) electrons. The van der Waals surface area contributed by atoms with Crippen molar-refractivity contribution in [3.63, 3.8) is 0 Å². The third-order valence-corrected chi connectivity index (χ3v) is 9.08. The van der Waals surface area contributed by atoms with Crippen molar-refractivity contribution in [1.82, 2.24) is 0 Å². The zero-order valence-electron chi connectivity index (χ0n) is 23.1. The molecule has 3 saturated carbocycles. The molecular weight excluding hydrogens is 360 g/mol. The van der Waals surface area contributed by atoms with Crippen molar-refractivity contribution in [2.45, 2.75) is 110 Å². The fourth-order valence-corrected chi connectivity index (χ4v) is 7.41. The van der Waals surface area contributed by atoms with Crippen LogP contribution in [-0.2, 0) is 14.3 Å². The summed E-state index contributed by atoms with van der Waals surface area (Å²) < 4.78 is 43.3. The lowest BCUT2D eigenvalue weighted by Crippen LogP contribution is -2.51. The van der Waals surface area contributed by atoms with Gasteiger partial charge in [0.05, 0.1) is 0 Å². The molecule has 0 N–H and O–H groups in total. The molecular formula is C26H40O3. The van der Waals surface area contributed by atoms with Crippen molar-refractivity contribution in [1.29, 1.82) is 0 Å². The number of carbonyl (C=O) groups is 2. The van der Waals surface area contributed by atoms with Gasteiger partial charge in [-0.25, -0.2) is 0 Å². The normalized spacial score (nSPS) is 44.7. The van der Waals surface area contributed by atoms with Gasteiger partial charge < -0.3 is 4.74 Å². The molecule has 3 nitrogen and oxygen atoms in total. The number of allylic oxidation sites excluding steroid dienone is 1. The molecule has 6 atom stereocenters. The van der Waals surface area contributed by atoms with E-state index in [1.807, 2.05) is 6.08 Å². The summed E-state index contributed by atoms with van der Waals surface area (Å²) >= 11 is 0. The number of ether oxygens (including phenoxy) is 1. The van der Waals surface area contributed by atoms with Crippen molar-refractivity contribution >= 4 is 11.8 Å². The van der Waals surface area contributed by atoms with Gasteiger partial charge in [0.25, 0.3) is 0 Å². The highest BCUT2D eigenvalue weighted by Gasteiger charge is 2.59. The summed E-state index contributed by atoms with van der Waals surface area (Å²) in [6.45, 7) is 2.05. The second-order valence-electron chi connectivity index (χ2n) is 10.5. The number of esters is 1. The highest BCUT2D eigenvalue weighted by atomic mass is 16.5. The van der Waals surface area contributed by atoms with Gasteiger partial charge in [0, 0.05) is 25.1 Å². The fourth-order valence-electron chi connectivity index (χ4n) is 7.41. The number of fused-ring (bicyclic) bond motifs is 5. The van der Waals surface area contributed by atoms with Crippen molar-refractivity contribution in [2.75, 3.05) is 0 Å². The number of ketones is 1. The quantitative estimate of drug-likeness (QED) is 0.379. The van der Waals surface area contributed by atoms with Crippen LogP contribution in [0.1, 0.15) is 111 Å². The van der Waals surface area contributed by atoms with Crippen LogP contribution in [0.15, 0.2) is 11.6 Å². The summed E-state index contributed by atoms with van der Waals surface area (Å²) in [6.07, 6.45) is 8.51. The minimum absolute atomic E-state index is 0.00232. The monoisotopic (exact) mass is 405 g/mol. The highest BCUT2D eigenvalue weighted by Crippen LogP contribution is 2.65. The molecule has 0 amide bonds. The Kier molecular flexibility index (Phi) is 4.42. The minimum atomic E-state index is -2.64. The van der Waals surface area contributed by atoms with E-state index in [2.05, 4.69) is 13.8 Å². The van der Waals surface area contributed by atoms with Gasteiger partial charge in [0.1, 0.15) is 6.10 Å². The fraction of sp³-hybridized carbons (Fsp3) is 0.846. The Labute approximate surface area is 184 Å². The number of hydrogen-bond acceptors (Lipinski definition) is 3. The third kappa shape index (κ3) is 3.72. The van der Waals surface area contributed by atoms with Gasteiger partial charge in [0.2, 0.25) is 0 Å². The second kappa shape index (κ2) is 8.19. The Morgan fingerprint density at radius 3 is 2.83 bits per heavy atom. The molecule has 0 saturated heterocycles. The van der Waals surface area contributed by atoms with E-state index in [0.717, 1.165) is 44.9 Å². The Hall–Kier alpha value is -1.12. The number of carbonyl (C=O) groups excluding carboxylic acids is 2. The van der Waals surface area contributed by atoms with Crippen LogP contribution in [0, 0.1) is 28.6 Å². The van der Waals surface area contributed by atoms with Crippen molar-refractivity contribution in [3.05, 3.63) is 11.6 Å². The molecule has 0 aromatic rings. The van der Waals surface area contributed by atoms with Crippen LogP contribution < -0.4 is 0 Å². The number of unbranched alkanes of at least 4 members (excludes halogenated alkanes) is 1. The Morgan fingerprint density at radius 1 is 1.14 bits per heavy atom. The topological polar surface area (TPSA) is 43.4 Å². The Morgan fingerprint density at radius 2 is 2.00 bits per heavy atom. The van der Waals surface area contributed by atoms with E-state index in [4.69, 9.17) is 11.6 Å². The van der Waals surface area contributed by atoms with Crippen molar-refractivity contribution in [2.24, 2.45) is 28.6 Å². The van der Waals surface area contributed by atoms with Crippen LogP contribution >= 0.6 is 0 Å². The van der Waals surface area contributed by atoms with Gasteiger partial charge >= 0.3 is 5.97 Å². The van der Waals surface area contributed by atoms with Crippen molar-refractivity contribution < 1.29 is 21.2 Å². The molecule has 162 valence electrons. The van der Waals surface area contributed by atoms with Gasteiger partial charge in [-0.15, -0.1) is 0 Å². The van der Waals surface area contributed by atoms with Crippen LogP contribution in [0.5, 0.6) is 0 Å². The first-order valence-electron chi connectivity index (χ1n) is 14.2. The molecule has 4 aliphatic rings. The maximum atomic E-state index is 12.6. The average Bonchev–Trinajstić information content (AvgIpc) is 3.07. The first kappa shape index (κ1) is 15.6. The molecule has 0 spiro atoms. The van der Waals surface area contributed by atoms with Gasteiger partial charge in [-0.3, -0.25) is 9.59 Å². The van der Waals surface area contributed by atoms with Crippen LogP contribution in [0.2, 0.25) is 0 Å². The number of hydrogen-bond donors (Lipinski definition) is 0. The maximum absolute atomic E-state index is 12.6. The molecule has 4 aliphatic carbocycles. The lowest BCUT2D eigenvalue weighted by Gasteiger charge is -2.57. The molecule has 4 rings (SSSR count). The van der Waals surface area contributed by atoms with Gasteiger partial charge in [-0.1, -0.05) is 45.5 Å². The first-order chi connectivity index (χ1) is 15.8. The van der Waals surface area contributed by atoms with Gasteiger partial charge in [-0.2, -0.15) is 0 Å². The molecule has 0 aromatic carbocycles. The van der Waals surface area contributed by atoms with E-state index in [0.29, 0.717) is 37.0 Å². The smallest absolute Gasteiger partial charge is 0.306 e. The molecule has 0 aromatic heterocycles. The molecule has 0 unspecified atom stereocenters. The summed E-state index contributed by atoms with van der Waals surface area (Å²) in [7, 11) is 0. The Bertz CT molecular complexity index is 850. The molecule has 0 aliphatic heterocycles. The molecule has 0 heterocycles. The van der Waals surface area contributed by atoms with Gasteiger partial charge in [0.15, 0.2) is 5.78 Å². The predicted molar refractivity (Wildman–Crippen MR) is 115 cm³/mol. The van der Waals surface area contributed by atoms with E-state index < -0.39 is 13.2 Å². The largest absolute Gasteiger partial charge is 0.462 e. The minimum Gasteiger partial charge on any atom is -0.462 e. The summed E-state index contributed by atoms with van der Waals surface area (Å²) in [6, 6.07) is 0. The van der Waals surface area contributed by atoms with Crippen LogP contribution in [0.25, 0.3) is 0 Å². The van der Waals surface area contributed by atoms with E-state index in [1.165, 1.54) is 5.57 Å². The summed E-state index contributed by atoms with van der Waals surface area (Å²) in [5, 5.41) is 0. The number of rotatable bonds is 6. The van der Waals surface area contributed by atoms with Crippen molar-refractivity contribution in [3.8, 4) is 0 Å². The van der Waals surface area contributed by atoms with E-state index in [-0.39, 0.29) is 41.5 Å². The maximum Gasteiger partial charge on any atom is 0.306 e. The third-order valence-electron chi connectivity index (χ3n) is 9.08. The molecule has 29 heavy (non-hydrogen) atoms. The van der Waals surface area contributed by atoms with Crippen LogP contribution in [-0.4, -0.2) is 17.9 Å². The average molecular weight is 406 g/mol. The van der Waals surface area contributed by atoms with E-state index in [9.17, 15) is 9.59 Å². The SMILES string of the molecule is [2H]C([2H])([2H])C([2H])([2H])CCCCC(=O)O[C@H]1CC[C@H]2[C@@H]3CCC4=CC(=O)CC[C@]4(C)[C@H]3CC[C@]12C. The molecule has 3 heteroatoms. The highest BCUT2D eigenvalue weighted by molar-refractivity contribution is 5.91. The van der Waals surface area contributed by atoms with E-state index in [1.54, 1.807) is 0 Å². The summed E-state index contributed by atoms with van der Waals surface area (Å²) in [5.74, 6) is 1.83. The molecule has 0 bridgehead atoms. The van der Waals surface area contributed by atoms with E-state index >= 15 is 0 Å². The zero-order chi connectivity index (χ0) is 24.9. The van der Waals surface area contributed by atoms with Crippen LogP contribution in [0.4, 0.5) is 0 Å². The Balaban J connectivity index is 1.33. The zero-order valence-corrected chi connectivity index (χ0v) is 18.1. The molecule has 3 fully saturated rings. The van der Waals surface area contributed by atoms with Crippen LogP contribution in [0.3, 0.4) is 0 Å². The lowest BCUT2D eigenvalue weighted by atomic mass is 9.47. The first-order valence-corrected chi connectivity index (χ1v) is 11.7. The lowest BCUT2D eigenvalue weighted by molar-refractivity contribution is -0.160. The second-order valence-corrected chi connectivity index (χ2v) is 10.5. The van der Waals surface area contributed by atoms with Gasteiger partial charge in [-0.05, 0) is 80.6 Å². The standard InChI is InChI=1S/C26H40O3/c1-4-5-6-7-8-24(28)29-23-12-11-21-20-10-9-18-17-19(27)13-15-25(18,2)22(20)14-16-26(21,23)3/h17,20-23H,4-16H2,1-3H3/t20-,21-,22-,23-,25-,26-/m0/s1/i1D3,4D2. The summed E-state index contributed by atoms with van der Waals surface area (Å²) in [5.41, 5.74) is 1.52.